The number of amides is 2. The lowest BCUT2D eigenvalue weighted by molar-refractivity contribution is -0.115. The summed E-state index contributed by atoms with van der Waals surface area (Å²) in [6.07, 6.45) is 0. The van der Waals surface area contributed by atoms with Crippen LogP contribution in [0.5, 0.6) is 5.75 Å². The molecule has 3 aromatic carbocycles. The van der Waals surface area contributed by atoms with Crippen molar-refractivity contribution in [3.63, 3.8) is 0 Å². The third-order valence-corrected chi connectivity index (χ3v) is 4.31. The fourth-order valence-electron chi connectivity index (χ4n) is 2.75. The fraction of sp³-hybridized carbons (Fsp3) is 0.120. The van der Waals surface area contributed by atoms with Crippen LogP contribution in [0.1, 0.15) is 27.0 Å². The molecule has 0 heterocycles. The number of rotatable bonds is 5. The highest BCUT2D eigenvalue weighted by Crippen LogP contribution is 2.24. The van der Waals surface area contributed by atoms with E-state index in [1.165, 1.54) is 7.11 Å². The van der Waals surface area contributed by atoms with Gasteiger partial charge in [-0.05, 0) is 61.0 Å². The molecule has 5 nitrogen and oxygen atoms in total. The smallest absolute Gasteiger partial charge is 0.251 e. The molecule has 0 unspecified atom stereocenters. The lowest BCUT2D eigenvalue weighted by Gasteiger charge is -2.11. The maximum absolute atomic E-state index is 12.3. The van der Waals surface area contributed by atoms with Crippen molar-refractivity contribution >= 4 is 17.5 Å². The number of benzene rings is 3. The van der Waals surface area contributed by atoms with Gasteiger partial charge in [0.1, 0.15) is 5.75 Å². The van der Waals surface area contributed by atoms with Crippen LogP contribution in [0, 0.1) is 18.8 Å². The lowest BCUT2D eigenvalue weighted by atomic mass is 10.1. The molecular formula is C25H22N2O3. The van der Waals surface area contributed by atoms with Crippen molar-refractivity contribution in [2.45, 2.75) is 6.92 Å². The van der Waals surface area contributed by atoms with Crippen LogP contribution in [-0.4, -0.2) is 25.5 Å². The minimum Gasteiger partial charge on any atom is -0.495 e. The average Bonchev–Trinajstić information content (AvgIpc) is 2.77. The van der Waals surface area contributed by atoms with Crippen molar-refractivity contribution in [3.8, 4) is 17.6 Å². The van der Waals surface area contributed by atoms with E-state index in [0.29, 0.717) is 17.0 Å². The van der Waals surface area contributed by atoms with Gasteiger partial charge >= 0.3 is 0 Å². The molecule has 5 heteroatoms. The van der Waals surface area contributed by atoms with Crippen LogP contribution in [0.25, 0.3) is 0 Å². The molecule has 0 aliphatic carbocycles. The average molecular weight is 398 g/mol. The van der Waals surface area contributed by atoms with Gasteiger partial charge in [0.05, 0.1) is 19.3 Å². The summed E-state index contributed by atoms with van der Waals surface area (Å²) in [6.45, 7) is 1.77. The minimum atomic E-state index is -0.336. The largest absolute Gasteiger partial charge is 0.495 e. The lowest BCUT2D eigenvalue weighted by Crippen LogP contribution is -2.32. The molecule has 0 aliphatic heterocycles. The van der Waals surface area contributed by atoms with E-state index in [0.717, 1.165) is 16.7 Å². The van der Waals surface area contributed by atoms with E-state index in [2.05, 4.69) is 22.5 Å². The first-order chi connectivity index (χ1) is 14.5. The molecule has 2 N–H and O–H groups in total. The Morgan fingerprint density at radius 1 is 0.900 bits per heavy atom. The Morgan fingerprint density at radius 2 is 1.57 bits per heavy atom. The van der Waals surface area contributed by atoms with Crippen LogP contribution < -0.4 is 15.4 Å². The molecular weight excluding hydrogens is 376 g/mol. The summed E-state index contributed by atoms with van der Waals surface area (Å²) in [7, 11) is 1.54. The van der Waals surface area contributed by atoms with Gasteiger partial charge in [0.2, 0.25) is 5.91 Å². The number of hydrogen-bond acceptors (Lipinski definition) is 3. The molecule has 30 heavy (non-hydrogen) atoms. The van der Waals surface area contributed by atoms with Gasteiger partial charge in [-0.2, -0.15) is 0 Å². The van der Waals surface area contributed by atoms with E-state index in [-0.39, 0.29) is 18.4 Å². The summed E-state index contributed by atoms with van der Waals surface area (Å²) in [5, 5.41) is 5.37. The Kier molecular flexibility index (Phi) is 6.86. The molecule has 150 valence electrons. The highest BCUT2D eigenvalue weighted by atomic mass is 16.5. The van der Waals surface area contributed by atoms with Crippen molar-refractivity contribution in [1.29, 1.82) is 0 Å². The van der Waals surface area contributed by atoms with Crippen LogP contribution in [0.2, 0.25) is 0 Å². The van der Waals surface area contributed by atoms with E-state index >= 15 is 0 Å². The van der Waals surface area contributed by atoms with Crippen molar-refractivity contribution in [2.24, 2.45) is 0 Å². The first-order valence-corrected chi connectivity index (χ1v) is 9.45. The van der Waals surface area contributed by atoms with Gasteiger partial charge in [-0.25, -0.2) is 0 Å². The zero-order valence-electron chi connectivity index (χ0n) is 16.9. The maximum Gasteiger partial charge on any atom is 0.251 e. The molecule has 0 atom stereocenters. The number of aryl methyl sites for hydroxylation is 1. The molecule has 3 rings (SSSR count). The van der Waals surface area contributed by atoms with E-state index in [4.69, 9.17) is 4.74 Å². The molecule has 3 aromatic rings. The van der Waals surface area contributed by atoms with Crippen molar-refractivity contribution in [2.75, 3.05) is 19.0 Å². The molecule has 0 aromatic heterocycles. The Balaban J connectivity index is 1.55. The first kappa shape index (κ1) is 20.7. The van der Waals surface area contributed by atoms with Gasteiger partial charge in [-0.15, -0.1) is 0 Å². The second-order valence-electron chi connectivity index (χ2n) is 6.63. The molecule has 0 aliphatic rings. The number of methoxy groups -OCH3 is 1. The monoisotopic (exact) mass is 398 g/mol. The second-order valence-corrected chi connectivity index (χ2v) is 6.63. The third-order valence-electron chi connectivity index (χ3n) is 4.31. The molecule has 0 spiro atoms. The predicted octanol–water partition coefficient (Wildman–Crippen LogP) is 3.77. The summed E-state index contributed by atoms with van der Waals surface area (Å²) in [4.78, 5) is 24.5. The SMILES string of the molecule is COc1ccc(C)cc1NC(=O)CNC(=O)c1ccc(C#Cc2ccccc2)cc1. The van der Waals surface area contributed by atoms with Gasteiger partial charge in [-0.1, -0.05) is 36.1 Å². The summed E-state index contributed by atoms with van der Waals surface area (Å²) in [5.41, 5.74) is 3.75. The molecule has 0 saturated heterocycles. The number of anilines is 1. The van der Waals surface area contributed by atoms with Crippen LogP contribution >= 0.6 is 0 Å². The summed E-state index contributed by atoms with van der Waals surface area (Å²) < 4.78 is 5.24. The quantitative estimate of drug-likeness (QED) is 0.643. The number of carbonyl (C=O) groups excluding carboxylic acids is 2. The highest BCUT2D eigenvalue weighted by Gasteiger charge is 2.10. The number of hydrogen-bond donors (Lipinski definition) is 2. The Labute approximate surface area is 176 Å². The van der Waals surface area contributed by atoms with E-state index in [9.17, 15) is 9.59 Å². The van der Waals surface area contributed by atoms with E-state index in [1.54, 1.807) is 30.3 Å². The minimum absolute atomic E-state index is 0.147. The van der Waals surface area contributed by atoms with E-state index in [1.807, 2.05) is 49.4 Å². The van der Waals surface area contributed by atoms with Crippen LogP contribution in [0.3, 0.4) is 0 Å². The molecule has 0 fully saturated rings. The number of carbonyl (C=O) groups is 2. The van der Waals surface area contributed by atoms with Crippen LogP contribution in [-0.2, 0) is 4.79 Å². The molecule has 0 bridgehead atoms. The predicted molar refractivity (Wildman–Crippen MR) is 118 cm³/mol. The van der Waals surface area contributed by atoms with Crippen LogP contribution in [0.4, 0.5) is 5.69 Å². The fourth-order valence-corrected chi connectivity index (χ4v) is 2.75. The van der Waals surface area contributed by atoms with Crippen LogP contribution in [0.15, 0.2) is 72.8 Å². The normalized spacial score (nSPS) is 9.80. The number of ether oxygens (including phenoxy) is 1. The van der Waals surface area contributed by atoms with Gasteiger partial charge in [0.25, 0.3) is 5.91 Å². The molecule has 2 amide bonds. The summed E-state index contributed by atoms with van der Waals surface area (Å²) in [5.74, 6) is 6.03. The third kappa shape index (κ3) is 5.73. The summed E-state index contributed by atoms with van der Waals surface area (Å²) >= 11 is 0. The highest BCUT2D eigenvalue weighted by molar-refractivity contribution is 5.99. The Bertz CT molecular complexity index is 1090. The van der Waals surface area contributed by atoms with E-state index < -0.39 is 0 Å². The van der Waals surface area contributed by atoms with Gasteiger partial charge < -0.3 is 15.4 Å². The van der Waals surface area contributed by atoms with Gasteiger partial charge in [0.15, 0.2) is 0 Å². The van der Waals surface area contributed by atoms with Crippen molar-refractivity contribution in [3.05, 3.63) is 95.1 Å². The van der Waals surface area contributed by atoms with Gasteiger partial charge in [0, 0.05) is 16.7 Å². The van der Waals surface area contributed by atoms with Crippen molar-refractivity contribution in [1.82, 2.24) is 5.32 Å². The van der Waals surface area contributed by atoms with Gasteiger partial charge in [-0.3, -0.25) is 9.59 Å². The first-order valence-electron chi connectivity index (χ1n) is 9.45. The standard InChI is InChI=1S/C25H22N2O3/c1-18-8-15-23(30-2)22(16-18)27-24(28)17-26-25(29)21-13-11-20(12-14-21)10-9-19-6-4-3-5-7-19/h3-8,11-16H,17H2,1-2H3,(H,26,29)(H,27,28). The molecule has 0 radical (unpaired) electrons. The van der Waals surface area contributed by atoms with Crippen molar-refractivity contribution < 1.29 is 14.3 Å². The Hall–Kier alpha value is -4.04. The Morgan fingerprint density at radius 3 is 2.23 bits per heavy atom. The molecule has 0 saturated carbocycles. The summed E-state index contributed by atoms with van der Waals surface area (Å²) in [6, 6.07) is 22.1. The number of nitrogens with one attached hydrogen (secondary N) is 2. The second kappa shape index (κ2) is 9.94. The zero-order chi connectivity index (χ0) is 21.3. The maximum atomic E-state index is 12.3. The topological polar surface area (TPSA) is 67.4 Å². The zero-order valence-corrected chi connectivity index (χ0v) is 16.9.